The lowest BCUT2D eigenvalue weighted by atomic mass is 10.0. The molecule has 2 amide bonds. The van der Waals surface area contributed by atoms with Crippen LogP contribution in [-0.2, 0) is 11.3 Å². The first-order valence-corrected chi connectivity index (χ1v) is 6.13. The summed E-state index contributed by atoms with van der Waals surface area (Å²) in [6, 6.07) is 1.29. The highest BCUT2D eigenvalue weighted by molar-refractivity contribution is 5.75. The molecule has 1 heterocycles. The Morgan fingerprint density at radius 3 is 2.79 bits per heavy atom. The van der Waals surface area contributed by atoms with Gasteiger partial charge in [0.25, 0.3) is 0 Å². The van der Waals surface area contributed by atoms with Crippen molar-refractivity contribution < 1.29 is 14.7 Å². The number of rotatable bonds is 7. The number of carbonyl (C=O) groups excluding carboxylic acids is 1. The maximum atomic E-state index is 11.5. The number of hydrogen-bond donors (Lipinski definition) is 3. The van der Waals surface area contributed by atoms with Gasteiger partial charge < -0.3 is 15.7 Å². The zero-order chi connectivity index (χ0) is 14.1. The molecule has 0 saturated carbocycles. The van der Waals surface area contributed by atoms with Crippen LogP contribution in [0.15, 0.2) is 18.6 Å². The highest BCUT2D eigenvalue weighted by atomic mass is 16.4. The third-order valence-electron chi connectivity index (χ3n) is 2.57. The van der Waals surface area contributed by atoms with Crippen molar-refractivity contribution in [1.29, 1.82) is 0 Å². The molecular formula is C12H18N4O3. The van der Waals surface area contributed by atoms with Crippen LogP contribution < -0.4 is 10.6 Å². The number of nitrogens with one attached hydrogen (secondary N) is 2. The number of urea groups is 1. The normalized spacial score (nSPS) is 11.6. The Bertz CT molecular complexity index is 411. The van der Waals surface area contributed by atoms with Crippen molar-refractivity contribution >= 4 is 12.0 Å². The topological polar surface area (TPSA) is 104 Å². The molecule has 0 aliphatic rings. The summed E-state index contributed by atoms with van der Waals surface area (Å²) in [7, 11) is 0. The Labute approximate surface area is 111 Å². The van der Waals surface area contributed by atoms with Gasteiger partial charge in [0.1, 0.15) is 6.33 Å². The molecule has 19 heavy (non-hydrogen) atoms. The van der Waals surface area contributed by atoms with E-state index in [-0.39, 0.29) is 13.1 Å². The summed E-state index contributed by atoms with van der Waals surface area (Å²) in [5.41, 5.74) is 0.688. The third-order valence-corrected chi connectivity index (χ3v) is 2.57. The molecule has 0 aliphatic heterocycles. The van der Waals surface area contributed by atoms with Gasteiger partial charge in [-0.3, -0.25) is 4.79 Å². The summed E-state index contributed by atoms with van der Waals surface area (Å²) in [6.45, 7) is 2.31. The fraction of sp³-hybridized carbons (Fsp3) is 0.500. The predicted octanol–water partition coefficient (Wildman–Crippen LogP) is 0.777. The van der Waals surface area contributed by atoms with Crippen molar-refractivity contribution in [2.75, 3.05) is 6.54 Å². The number of amides is 2. The van der Waals surface area contributed by atoms with E-state index in [4.69, 9.17) is 5.11 Å². The lowest BCUT2D eigenvalue weighted by molar-refractivity contribution is -0.141. The van der Waals surface area contributed by atoms with E-state index in [9.17, 15) is 9.59 Å². The summed E-state index contributed by atoms with van der Waals surface area (Å²) in [5.74, 6) is -1.44. The maximum Gasteiger partial charge on any atom is 0.315 e. The third kappa shape index (κ3) is 5.80. The average Bonchev–Trinajstić information content (AvgIpc) is 2.42. The molecule has 104 valence electrons. The molecule has 0 fully saturated rings. The van der Waals surface area contributed by atoms with E-state index in [2.05, 4.69) is 20.6 Å². The van der Waals surface area contributed by atoms with E-state index in [1.807, 2.05) is 6.92 Å². The second kappa shape index (κ2) is 8.02. The smallest absolute Gasteiger partial charge is 0.315 e. The molecule has 0 radical (unpaired) electrons. The second-order valence-electron chi connectivity index (χ2n) is 4.09. The van der Waals surface area contributed by atoms with E-state index in [0.29, 0.717) is 12.1 Å². The van der Waals surface area contributed by atoms with Crippen LogP contribution in [0.2, 0.25) is 0 Å². The van der Waals surface area contributed by atoms with Gasteiger partial charge in [0.2, 0.25) is 0 Å². The molecule has 3 N–H and O–H groups in total. The van der Waals surface area contributed by atoms with Crippen LogP contribution in [0.25, 0.3) is 0 Å². The van der Waals surface area contributed by atoms with Crippen LogP contribution >= 0.6 is 0 Å². The summed E-state index contributed by atoms with van der Waals surface area (Å²) in [5, 5.41) is 14.1. The van der Waals surface area contributed by atoms with Gasteiger partial charge in [-0.2, -0.15) is 0 Å². The monoisotopic (exact) mass is 266 g/mol. The van der Waals surface area contributed by atoms with Gasteiger partial charge in [-0.1, -0.05) is 13.3 Å². The zero-order valence-corrected chi connectivity index (χ0v) is 10.8. The Balaban J connectivity index is 2.29. The molecule has 1 aromatic rings. The average molecular weight is 266 g/mol. The summed E-state index contributed by atoms with van der Waals surface area (Å²) in [6.07, 6.45) is 4.29. The zero-order valence-electron chi connectivity index (χ0n) is 10.8. The van der Waals surface area contributed by atoms with Gasteiger partial charge in [-0.25, -0.2) is 14.8 Å². The fourth-order valence-electron chi connectivity index (χ4n) is 1.53. The van der Waals surface area contributed by atoms with Crippen molar-refractivity contribution in [1.82, 2.24) is 20.6 Å². The first kappa shape index (κ1) is 14.9. The first-order chi connectivity index (χ1) is 9.13. The molecule has 0 aliphatic carbocycles. The Hall–Kier alpha value is -2.18. The quantitative estimate of drug-likeness (QED) is 0.676. The van der Waals surface area contributed by atoms with Crippen LogP contribution in [0.3, 0.4) is 0 Å². The molecule has 7 nitrogen and oxygen atoms in total. The molecule has 0 bridgehead atoms. The van der Waals surface area contributed by atoms with Gasteiger partial charge in [0.05, 0.1) is 18.2 Å². The second-order valence-corrected chi connectivity index (χ2v) is 4.09. The predicted molar refractivity (Wildman–Crippen MR) is 68.3 cm³/mol. The number of carboxylic acid groups (broad SMARTS) is 1. The van der Waals surface area contributed by atoms with Crippen LogP contribution in [0.1, 0.15) is 25.5 Å². The maximum absolute atomic E-state index is 11.5. The Kier molecular flexibility index (Phi) is 6.28. The first-order valence-electron chi connectivity index (χ1n) is 6.13. The van der Waals surface area contributed by atoms with Gasteiger partial charge in [0, 0.05) is 12.7 Å². The van der Waals surface area contributed by atoms with E-state index in [1.54, 1.807) is 12.3 Å². The fourth-order valence-corrected chi connectivity index (χ4v) is 1.53. The van der Waals surface area contributed by atoms with Crippen LogP contribution in [0.5, 0.6) is 0 Å². The van der Waals surface area contributed by atoms with E-state index in [0.717, 1.165) is 6.42 Å². The van der Waals surface area contributed by atoms with Gasteiger partial charge >= 0.3 is 12.0 Å². The van der Waals surface area contributed by atoms with Crippen LogP contribution in [0, 0.1) is 5.92 Å². The molecule has 0 saturated heterocycles. The molecule has 7 heteroatoms. The van der Waals surface area contributed by atoms with Crippen LogP contribution in [0.4, 0.5) is 4.79 Å². The van der Waals surface area contributed by atoms with E-state index in [1.165, 1.54) is 6.33 Å². The number of carboxylic acids is 1. The SMILES string of the molecule is CCCC(CNC(=O)NCc1ccncn1)C(=O)O. The minimum atomic E-state index is -0.891. The molecule has 1 rings (SSSR count). The van der Waals surface area contributed by atoms with Crippen molar-refractivity contribution in [2.45, 2.75) is 26.3 Å². The molecule has 0 aromatic carbocycles. The standard InChI is InChI=1S/C12H18N4O3/c1-2-3-9(11(17)18)6-14-12(19)15-7-10-4-5-13-8-16-10/h4-5,8-9H,2-3,6-7H2,1H3,(H,17,18)(H2,14,15,19). The number of nitrogens with zero attached hydrogens (tertiary/aromatic N) is 2. The highest BCUT2D eigenvalue weighted by Crippen LogP contribution is 2.04. The lowest BCUT2D eigenvalue weighted by Gasteiger charge is -2.12. The molecule has 0 spiro atoms. The Morgan fingerprint density at radius 2 is 2.21 bits per heavy atom. The summed E-state index contributed by atoms with van der Waals surface area (Å²) < 4.78 is 0. The number of hydrogen-bond acceptors (Lipinski definition) is 4. The number of aromatic nitrogens is 2. The highest BCUT2D eigenvalue weighted by Gasteiger charge is 2.16. The minimum Gasteiger partial charge on any atom is -0.481 e. The molecular weight excluding hydrogens is 248 g/mol. The summed E-state index contributed by atoms with van der Waals surface area (Å²) in [4.78, 5) is 30.1. The molecule has 1 aromatic heterocycles. The largest absolute Gasteiger partial charge is 0.481 e. The number of aliphatic carboxylic acids is 1. The number of carbonyl (C=O) groups is 2. The van der Waals surface area contributed by atoms with Crippen molar-refractivity contribution in [3.05, 3.63) is 24.3 Å². The minimum absolute atomic E-state index is 0.124. The van der Waals surface area contributed by atoms with Gasteiger partial charge in [0.15, 0.2) is 0 Å². The molecule has 1 unspecified atom stereocenters. The van der Waals surface area contributed by atoms with Gasteiger partial charge in [-0.15, -0.1) is 0 Å². The van der Waals surface area contributed by atoms with Crippen molar-refractivity contribution in [3.63, 3.8) is 0 Å². The van der Waals surface area contributed by atoms with E-state index >= 15 is 0 Å². The molecule has 1 atom stereocenters. The lowest BCUT2D eigenvalue weighted by Crippen LogP contribution is -2.39. The summed E-state index contributed by atoms with van der Waals surface area (Å²) >= 11 is 0. The van der Waals surface area contributed by atoms with Crippen LogP contribution in [-0.4, -0.2) is 33.6 Å². The van der Waals surface area contributed by atoms with Gasteiger partial charge in [-0.05, 0) is 12.5 Å². The van der Waals surface area contributed by atoms with Crippen molar-refractivity contribution in [3.8, 4) is 0 Å². The Morgan fingerprint density at radius 1 is 1.42 bits per heavy atom. The van der Waals surface area contributed by atoms with E-state index < -0.39 is 17.9 Å². The van der Waals surface area contributed by atoms with Crippen molar-refractivity contribution in [2.24, 2.45) is 5.92 Å².